The summed E-state index contributed by atoms with van der Waals surface area (Å²) in [6.45, 7) is 6.23. The summed E-state index contributed by atoms with van der Waals surface area (Å²) in [7, 11) is 2.93. The molecule has 0 fully saturated rings. The van der Waals surface area contributed by atoms with Crippen molar-refractivity contribution < 1.29 is 14.3 Å². The van der Waals surface area contributed by atoms with Gasteiger partial charge in [0.2, 0.25) is 0 Å². The Hall–Kier alpha value is -4.14. The molecular weight excluding hydrogens is 448 g/mol. The molecule has 2 aromatic carbocycles. The summed E-state index contributed by atoms with van der Waals surface area (Å²) in [5.74, 6) is 0.720. The molecule has 2 N–H and O–H groups in total. The number of hydrogen-bond acceptors (Lipinski definition) is 6. The zero-order valence-electron chi connectivity index (χ0n) is 20.4. The summed E-state index contributed by atoms with van der Waals surface area (Å²) < 4.78 is 11.9. The average Bonchev–Trinajstić information content (AvgIpc) is 3.23. The van der Waals surface area contributed by atoms with Gasteiger partial charge >= 0.3 is 11.8 Å². The second kappa shape index (κ2) is 9.25. The summed E-state index contributed by atoms with van der Waals surface area (Å²) in [6.07, 6.45) is 2.33. The van der Waals surface area contributed by atoms with E-state index in [-0.39, 0.29) is 5.41 Å². The van der Waals surface area contributed by atoms with Crippen molar-refractivity contribution >= 4 is 11.8 Å². The number of hydrazone groups is 1. The molecule has 4 rings (SSSR count). The van der Waals surface area contributed by atoms with Crippen LogP contribution in [0, 0.1) is 0 Å². The molecule has 0 atom stereocenters. The molecule has 9 heteroatoms. The van der Waals surface area contributed by atoms with Gasteiger partial charge in [0.25, 0.3) is 5.56 Å². The smallest absolute Gasteiger partial charge is 0.427 e. The first-order valence-electron chi connectivity index (χ1n) is 11.2. The van der Waals surface area contributed by atoms with E-state index in [1.165, 1.54) is 23.9 Å². The predicted molar refractivity (Wildman–Crippen MR) is 134 cm³/mol. The Balaban J connectivity index is 1.87. The fourth-order valence-corrected chi connectivity index (χ4v) is 4.28. The quantitative estimate of drug-likeness (QED) is 0.560. The number of hydrogen-bond donors (Lipinski definition) is 2. The van der Waals surface area contributed by atoms with Gasteiger partial charge in [-0.05, 0) is 41.5 Å². The van der Waals surface area contributed by atoms with Crippen molar-refractivity contribution in [2.24, 2.45) is 5.10 Å². The van der Waals surface area contributed by atoms with Crippen molar-refractivity contribution in [2.45, 2.75) is 39.0 Å². The van der Waals surface area contributed by atoms with Crippen LogP contribution >= 0.6 is 0 Å². The number of aryl methyl sites for hydroxylation is 1. The summed E-state index contributed by atoms with van der Waals surface area (Å²) in [5.41, 5.74) is 7.29. The van der Waals surface area contributed by atoms with Crippen LogP contribution in [0.3, 0.4) is 0 Å². The summed E-state index contributed by atoms with van der Waals surface area (Å²) in [4.78, 5) is 37.9. The van der Waals surface area contributed by atoms with Crippen LogP contribution in [0.2, 0.25) is 0 Å². The number of H-pyrrole nitrogens is 1. The molecule has 0 spiro atoms. The van der Waals surface area contributed by atoms with E-state index < -0.39 is 17.3 Å². The third-order valence-electron chi connectivity index (χ3n) is 6.01. The molecule has 3 aromatic rings. The van der Waals surface area contributed by atoms with Gasteiger partial charge in [0.05, 0.1) is 25.6 Å². The highest BCUT2D eigenvalue weighted by Gasteiger charge is 2.25. The minimum absolute atomic E-state index is 0.280. The topological polar surface area (TPSA) is 115 Å². The lowest BCUT2D eigenvalue weighted by molar-refractivity contribution is 0.171. The van der Waals surface area contributed by atoms with E-state index in [0.29, 0.717) is 12.1 Å². The maximum Gasteiger partial charge on any atom is 0.427 e. The Kier molecular flexibility index (Phi) is 6.34. The van der Waals surface area contributed by atoms with Crippen LogP contribution < -0.4 is 21.4 Å². The number of carbonyl (C=O) groups is 1. The highest BCUT2D eigenvalue weighted by Crippen LogP contribution is 2.42. The highest BCUT2D eigenvalue weighted by atomic mass is 16.5. The second-order valence-corrected chi connectivity index (χ2v) is 9.34. The average molecular weight is 477 g/mol. The van der Waals surface area contributed by atoms with Crippen LogP contribution in [0.1, 0.15) is 43.9 Å². The molecular formula is C26H28N4O5. The fraction of sp³-hybridized carbons (Fsp3) is 0.308. The van der Waals surface area contributed by atoms with E-state index in [0.717, 1.165) is 45.7 Å². The standard InChI is InChI=1S/C26H28N4O5/c1-26(2,3)20-14-17(30-11-10-22(31)27-24(30)32)13-19(23(20)34-4)16-6-8-18-15(12-16)7-9-21(18)28-29-25(33)35-5/h6,8,10-14H,7,9H2,1-5H3,(H,29,33)(H,27,31,32)/b28-21+. The van der Waals surface area contributed by atoms with Gasteiger partial charge in [0.1, 0.15) is 5.75 Å². The molecule has 35 heavy (non-hydrogen) atoms. The first kappa shape index (κ1) is 24.0. The number of aromatic nitrogens is 2. The number of fused-ring (bicyclic) bond motifs is 1. The Morgan fingerprint density at radius 3 is 2.49 bits per heavy atom. The molecule has 0 radical (unpaired) electrons. The van der Waals surface area contributed by atoms with E-state index in [9.17, 15) is 14.4 Å². The number of carbonyl (C=O) groups excluding carboxylic acids is 1. The number of rotatable bonds is 4. The van der Waals surface area contributed by atoms with Crippen molar-refractivity contribution in [1.82, 2.24) is 15.0 Å². The predicted octanol–water partition coefficient (Wildman–Crippen LogP) is 3.51. The van der Waals surface area contributed by atoms with Gasteiger partial charge in [-0.2, -0.15) is 5.10 Å². The maximum atomic E-state index is 12.5. The van der Waals surface area contributed by atoms with Gasteiger partial charge < -0.3 is 9.47 Å². The zero-order valence-corrected chi connectivity index (χ0v) is 20.4. The van der Waals surface area contributed by atoms with Crippen molar-refractivity contribution in [2.75, 3.05) is 14.2 Å². The van der Waals surface area contributed by atoms with E-state index >= 15 is 0 Å². The number of amides is 1. The number of aromatic amines is 1. The van der Waals surface area contributed by atoms with E-state index in [1.807, 2.05) is 24.3 Å². The minimum Gasteiger partial charge on any atom is -0.496 e. The third kappa shape index (κ3) is 4.75. The lowest BCUT2D eigenvalue weighted by Gasteiger charge is -2.26. The minimum atomic E-state index is -0.615. The summed E-state index contributed by atoms with van der Waals surface area (Å²) in [6, 6.07) is 11.2. The maximum absolute atomic E-state index is 12.5. The number of benzene rings is 2. The molecule has 9 nitrogen and oxygen atoms in total. The molecule has 0 bridgehead atoms. The van der Waals surface area contributed by atoms with Gasteiger partial charge in [-0.1, -0.05) is 39.0 Å². The number of methoxy groups -OCH3 is 2. The number of nitrogens with one attached hydrogen (secondary N) is 2. The van der Waals surface area contributed by atoms with Gasteiger partial charge in [-0.25, -0.2) is 15.0 Å². The molecule has 1 aliphatic rings. The SMILES string of the molecule is COC(=O)N/N=C1\CCc2cc(-c3cc(-n4ccc(=O)[nH]c4=O)cc(C(C)(C)C)c3OC)ccc21. The Morgan fingerprint density at radius 1 is 1.06 bits per heavy atom. The second-order valence-electron chi connectivity index (χ2n) is 9.34. The Morgan fingerprint density at radius 2 is 1.83 bits per heavy atom. The van der Waals surface area contributed by atoms with Gasteiger partial charge in [-0.15, -0.1) is 0 Å². The van der Waals surface area contributed by atoms with E-state index in [2.05, 4.69) is 47.1 Å². The normalized spacial score (nSPS) is 14.0. The third-order valence-corrected chi connectivity index (χ3v) is 6.01. The van der Waals surface area contributed by atoms with Crippen LogP contribution in [0.25, 0.3) is 16.8 Å². The highest BCUT2D eigenvalue weighted by molar-refractivity contribution is 6.05. The summed E-state index contributed by atoms with van der Waals surface area (Å²) in [5, 5.41) is 4.19. The molecule has 1 amide bonds. The molecule has 0 saturated heterocycles. The molecule has 1 aliphatic carbocycles. The lowest BCUT2D eigenvalue weighted by atomic mass is 9.83. The first-order valence-corrected chi connectivity index (χ1v) is 11.2. The molecule has 0 unspecified atom stereocenters. The molecule has 1 aromatic heterocycles. The van der Waals surface area contributed by atoms with Crippen molar-refractivity contribution in [3.8, 4) is 22.6 Å². The summed E-state index contributed by atoms with van der Waals surface area (Å²) >= 11 is 0. The van der Waals surface area contributed by atoms with Crippen LogP contribution in [0.4, 0.5) is 4.79 Å². The fourth-order valence-electron chi connectivity index (χ4n) is 4.28. The zero-order chi connectivity index (χ0) is 25.3. The van der Waals surface area contributed by atoms with Crippen LogP contribution in [-0.2, 0) is 16.6 Å². The lowest BCUT2D eigenvalue weighted by Crippen LogP contribution is -2.27. The van der Waals surface area contributed by atoms with Crippen LogP contribution in [0.5, 0.6) is 5.75 Å². The number of nitrogens with zero attached hydrogens (tertiary/aromatic N) is 2. The van der Waals surface area contributed by atoms with Gasteiger partial charge in [0.15, 0.2) is 0 Å². The monoisotopic (exact) mass is 476 g/mol. The van der Waals surface area contributed by atoms with Crippen molar-refractivity contribution in [3.63, 3.8) is 0 Å². The molecule has 182 valence electrons. The molecule has 0 saturated carbocycles. The first-order chi connectivity index (χ1) is 16.6. The van der Waals surface area contributed by atoms with Crippen molar-refractivity contribution in [3.05, 3.63) is 80.1 Å². The van der Waals surface area contributed by atoms with E-state index in [1.54, 1.807) is 7.11 Å². The van der Waals surface area contributed by atoms with E-state index in [4.69, 9.17) is 4.74 Å². The van der Waals surface area contributed by atoms with Crippen LogP contribution in [-0.4, -0.2) is 35.6 Å². The Bertz CT molecular complexity index is 1440. The van der Waals surface area contributed by atoms with Crippen molar-refractivity contribution in [1.29, 1.82) is 0 Å². The Labute approximate surface area is 202 Å². The molecule has 0 aliphatic heterocycles. The largest absolute Gasteiger partial charge is 0.496 e. The molecule has 1 heterocycles. The van der Waals surface area contributed by atoms with Gasteiger partial charge in [0, 0.05) is 29.0 Å². The van der Waals surface area contributed by atoms with Gasteiger partial charge in [-0.3, -0.25) is 14.3 Å². The number of ether oxygens (including phenoxy) is 2. The van der Waals surface area contributed by atoms with Crippen LogP contribution in [0.15, 0.2) is 57.3 Å².